The molecule has 1 saturated carbocycles. The van der Waals surface area contributed by atoms with Gasteiger partial charge >= 0.3 is 5.97 Å². The van der Waals surface area contributed by atoms with Gasteiger partial charge in [-0.25, -0.2) is 4.79 Å². The number of nitro benzene ring substituents is 1. The van der Waals surface area contributed by atoms with Gasteiger partial charge in [-0.05, 0) is 43.2 Å². The zero-order valence-corrected chi connectivity index (χ0v) is 13.4. The van der Waals surface area contributed by atoms with Crippen molar-refractivity contribution in [2.24, 2.45) is 5.41 Å². The van der Waals surface area contributed by atoms with E-state index in [0.29, 0.717) is 5.41 Å². The average Bonchev–Trinajstić information content (AvgIpc) is 3.02. The van der Waals surface area contributed by atoms with Crippen LogP contribution in [0.4, 0.5) is 11.4 Å². The number of methoxy groups -OCH3 is 1. The lowest BCUT2D eigenvalue weighted by molar-refractivity contribution is -0.385. The van der Waals surface area contributed by atoms with Gasteiger partial charge < -0.3 is 9.64 Å². The van der Waals surface area contributed by atoms with Crippen molar-refractivity contribution in [1.82, 2.24) is 0 Å². The number of hydrogen-bond donors (Lipinski definition) is 0. The Morgan fingerprint density at radius 2 is 1.87 bits per heavy atom. The third kappa shape index (κ3) is 3.02. The minimum atomic E-state index is -0.664. The summed E-state index contributed by atoms with van der Waals surface area (Å²) in [4.78, 5) is 24.6. The largest absolute Gasteiger partial charge is 0.465 e. The maximum Gasteiger partial charge on any atom is 0.344 e. The Kier molecular flexibility index (Phi) is 4.24. The number of benzene rings is 1. The lowest BCUT2D eigenvalue weighted by Gasteiger charge is -2.40. The normalized spacial score (nSPS) is 19.8. The average molecular weight is 318 g/mol. The smallest absolute Gasteiger partial charge is 0.344 e. The summed E-state index contributed by atoms with van der Waals surface area (Å²) in [5, 5.41) is 11.1. The third-order valence-electron chi connectivity index (χ3n) is 5.44. The van der Waals surface area contributed by atoms with Gasteiger partial charge in [-0.1, -0.05) is 12.8 Å². The molecule has 0 bridgehead atoms. The molecule has 0 radical (unpaired) electrons. The summed E-state index contributed by atoms with van der Waals surface area (Å²) >= 11 is 0. The van der Waals surface area contributed by atoms with Gasteiger partial charge in [-0.2, -0.15) is 0 Å². The molecule has 23 heavy (non-hydrogen) atoms. The summed E-state index contributed by atoms with van der Waals surface area (Å²) in [5.74, 6) is -0.664. The van der Waals surface area contributed by atoms with Crippen LogP contribution in [0.5, 0.6) is 0 Å². The molecule has 1 heterocycles. The molecule has 1 aliphatic carbocycles. The van der Waals surface area contributed by atoms with Crippen LogP contribution in [0.2, 0.25) is 0 Å². The van der Waals surface area contributed by atoms with E-state index in [1.54, 1.807) is 12.1 Å². The molecule has 0 aromatic heterocycles. The third-order valence-corrected chi connectivity index (χ3v) is 5.44. The van der Waals surface area contributed by atoms with E-state index in [-0.39, 0.29) is 11.3 Å². The summed E-state index contributed by atoms with van der Waals surface area (Å²) in [6.45, 7) is 1.89. The van der Waals surface area contributed by atoms with Gasteiger partial charge in [-0.15, -0.1) is 0 Å². The molecule has 2 fully saturated rings. The molecule has 6 heteroatoms. The molecule has 6 nitrogen and oxygen atoms in total. The molecule has 2 aliphatic rings. The van der Waals surface area contributed by atoms with E-state index >= 15 is 0 Å². The molecule has 0 amide bonds. The summed E-state index contributed by atoms with van der Waals surface area (Å²) < 4.78 is 4.68. The van der Waals surface area contributed by atoms with Crippen molar-refractivity contribution >= 4 is 17.3 Å². The highest BCUT2D eigenvalue weighted by Crippen LogP contribution is 2.46. The fraction of sp³-hybridized carbons (Fsp3) is 0.588. The number of rotatable bonds is 3. The van der Waals surface area contributed by atoms with Crippen molar-refractivity contribution in [3.8, 4) is 0 Å². The van der Waals surface area contributed by atoms with Crippen molar-refractivity contribution in [3.63, 3.8) is 0 Å². The fourth-order valence-electron chi connectivity index (χ4n) is 4.02. The van der Waals surface area contributed by atoms with E-state index in [4.69, 9.17) is 0 Å². The number of carbonyl (C=O) groups excluding carboxylic acids is 1. The zero-order valence-electron chi connectivity index (χ0n) is 13.4. The molecule has 0 atom stereocenters. The predicted octanol–water partition coefficient (Wildman–Crippen LogP) is 3.54. The van der Waals surface area contributed by atoms with Crippen molar-refractivity contribution in [2.75, 3.05) is 25.1 Å². The maximum atomic E-state index is 11.8. The van der Waals surface area contributed by atoms with Crippen molar-refractivity contribution in [1.29, 1.82) is 0 Å². The Labute approximate surface area is 135 Å². The van der Waals surface area contributed by atoms with Gasteiger partial charge in [0.05, 0.1) is 12.0 Å². The first-order chi connectivity index (χ1) is 11.0. The van der Waals surface area contributed by atoms with Crippen LogP contribution >= 0.6 is 0 Å². The first kappa shape index (κ1) is 15.8. The van der Waals surface area contributed by atoms with E-state index < -0.39 is 10.9 Å². The number of nitro groups is 1. The molecule has 1 aliphatic heterocycles. The molecule has 1 aromatic carbocycles. The van der Waals surface area contributed by atoms with Crippen LogP contribution in [0.15, 0.2) is 18.2 Å². The zero-order chi connectivity index (χ0) is 16.4. The summed E-state index contributed by atoms with van der Waals surface area (Å²) in [5.41, 5.74) is 1.20. The SMILES string of the molecule is COC(=O)c1cc(N2CCC3(CCCC3)CC2)ccc1[N+](=O)[O-]. The number of carbonyl (C=O) groups is 1. The number of anilines is 1. The number of nitrogens with zero attached hydrogens (tertiary/aromatic N) is 2. The van der Waals surface area contributed by atoms with Gasteiger partial charge in [0, 0.05) is 24.8 Å². The molecular weight excluding hydrogens is 296 g/mol. The first-order valence-corrected chi connectivity index (χ1v) is 8.16. The Morgan fingerprint density at radius 1 is 1.22 bits per heavy atom. The second-order valence-corrected chi connectivity index (χ2v) is 6.64. The molecule has 1 saturated heterocycles. The van der Waals surface area contributed by atoms with Gasteiger partial charge in [0.2, 0.25) is 0 Å². The van der Waals surface area contributed by atoms with Crippen molar-refractivity contribution in [2.45, 2.75) is 38.5 Å². The Morgan fingerprint density at radius 3 is 2.43 bits per heavy atom. The van der Waals surface area contributed by atoms with Crippen LogP contribution in [0.1, 0.15) is 48.9 Å². The van der Waals surface area contributed by atoms with E-state index in [9.17, 15) is 14.9 Å². The van der Waals surface area contributed by atoms with Gasteiger partial charge in [0.1, 0.15) is 5.56 Å². The summed E-state index contributed by atoms with van der Waals surface area (Å²) in [6, 6.07) is 4.73. The minimum absolute atomic E-state index is 0.0242. The second-order valence-electron chi connectivity index (χ2n) is 6.64. The van der Waals surface area contributed by atoms with Gasteiger partial charge in [0.15, 0.2) is 0 Å². The Bertz CT molecular complexity index is 613. The monoisotopic (exact) mass is 318 g/mol. The van der Waals surface area contributed by atoms with Gasteiger partial charge in [0.25, 0.3) is 5.69 Å². The highest BCUT2D eigenvalue weighted by molar-refractivity contribution is 5.95. The molecule has 1 spiro atoms. The Hall–Kier alpha value is -2.11. The molecular formula is C17H22N2O4. The van der Waals surface area contributed by atoms with Crippen molar-refractivity contribution < 1.29 is 14.5 Å². The van der Waals surface area contributed by atoms with Crippen LogP contribution in [0, 0.1) is 15.5 Å². The summed E-state index contributed by atoms with van der Waals surface area (Å²) in [7, 11) is 1.24. The van der Waals surface area contributed by atoms with Crippen LogP contribution in [-0.2, 0) is 4.74 Å². The Balaban J connectivity index is 1.81. The molecule has 0 N–H and O–H groups in total. The van der Waals surface area contributed by atoms with Crippen LogP contribution in [0.25, 0.3) is 0 Å². The predicted molar refractivity (Wildman–Crippen MR) is 86.8 cm³/mol. The highest BCUT2D eigenvalue weighted by Gasteiger charge is 2.37. The first-order valence-electron chi connectivity index (χ1n) is 8.16. The van der Waals surface area contributed by atoms with E-state index in [0.717, 1.165) is 31.6 Å². The lowest BCUT2D eigenvalue weighted by Crippen LogP contribution is -2.38. The topological polar surface area (TPSA) is 72.7 Å². The number of hydrogen-bond acceptors (Lipinski definition) is 5. The molecule has 3 rings (SSSR count). The minimum Gasteiger partial charge on any atom is -0.465 e. The van der Waals surface area contributed by atoms with E-state index in [1.165, 1.54) is 38.9 Å². The molecule has 124 valence electrons. The lowest BCUT2D eigenvalue weighted by atomic mass is 9.77. The second kappa shape index (κ2) is 6.18. The standard InChI is InChI=1S/C17H22N2O4/c1-23-16(20)14-12-13(4-5-15(14)19(21)22)18-10-8-17(9-11-18)6-2-3-7-17/h4-5,12H,2-3,6-11H2,1H3. The van der Waals surface area contributed by atoms with Crippen molar-refractivity contribution in [3.05, 3.63) is 33.9 Å². The van der Waals surface area contributed by atoms with Crippen LogP contribution < -0.4 is 4.90 Å². The van der Waals surface area contributed by atoms with Crippen LogP contribution in [-0.4, -0.2) is 31.1 Å². The quantitative estimate of drug-likeness (QED) is 0.484. The van der Waals surface area contributed by atoms with E-state index in [2.05, 4.69) is 9.64 Å². The molecule has 0 unspecified atom stereocenters. The van der Waals surface area contributed by atoms with Crippen LogP contribution in [0.3, 0.4) is 0 Å². The maximum absolute atomic E-state index is 11.8. The number of piperidine rings is 1. The fourth-order valence-corrected chi connectivity index (χ4v) is 4.02. The number of ether oxygens (including phenoxy) is 1. The van der Waals surface area contributed by atoms with Gasteiger partial charge in [-0.3, -0.25) is 10.1 Å². The highest BCUT2D eigenvalue weighted by atomic mass is 16.6. The molecule has 1 aromatic rings. The summed E-state index contributed by atoms with van der Waals surface area (Å²) in [6.07, 6.45) is 7.66. The van der Waals surface area contributed by atoms with E-state index in [1.807, 2.05) is 0 Å². The number of esters is 1.